The summed E-state index contributed by atoms with van der Waals surface area (Å²) in [5, 5.41) is 6.23. The maximum atomic E-state index is 12.4. The molecule has 0 radical (unpaired) electrons. The smallest absolute Gasteiger partial charge is 0.246 e. The average Bonchev–Trinajstić information content (AvgIpc) is 2.85. The molecule has 2 heterocycles. The van der Waals surface area contributed by atoms with Gasteiger partial charge in [-0.2, -0.15) is 0 Å². The van der Waals surface area contributed by atoms with Gasteiger partial charge in [0.2, 0.25) is 11.8 Å². The number of nitrogens with zero attached hydrogens (tertiary/aromatic N) is 1. The van der Waals surface area contributed by atoms with Crippen molar-refractivity contribution < 1.29 is 14.3 Å². The number of rotatable bonds is 4. The molecular formula is C14H25N3O3. The molecule has 6 heteroatoms. The van der Waals surface area contributed by atoms with E-state index in [-0.39, 0.29) is 30.5 Å². The number of amides is 2. The number of carbonyl (C=O) groups is 2. The van der Waals surface area contributed by atoms with Gasteiger partial charge in [0.05, 0.1) is 6.04 Å². The normalized spacial score (nSPS) is 27.6. The van der Waals surface area contributed by atoms with Crippen LogP contribution in [0.25, 0.3) is 0 Å². The first-order valence-electron chi connectivity index (χ1n) is 7.42. The maximum Gasteiger partial charge on any atom is 0.246 e. The van der Waals surface area contributed by atoms with Crippen molar-refractivity contribution in [3.8, 4) is 0 Å². The second kappa shape index (κ2) is 7.04. The van der Waals surface area contributed by atoms with E-state index in [0.717, 1.165) is 38.9 Å². The maximum absolute atomic E-state index is 12.4. The Bertz CT molecular complexity index is 354. The van der Waals surface area contributed by atoms with Crippen LogP contribution in [-0.2, 0) is 14.3 Å². The lowest BCUT2D eigenvalue weighted by Crippen LogP contribution is -2.52. The molecule has 2 saturated heterocycles. The first-order valence-corrected chi connectivity index (χ1v) is 7.42. The molecule has 0 aliphatic carbocycles. The van der Waals surface area contributed by atoms with Crippen molar-refractivity contribution in [1.82, 2.24) is 15.5 Å². The minimum Gasteiger partial charge on any atom is -0.375 e. The summed E-state index contributed by atoms with van der Waals surface area (Å²) in [5.74, 6) is 0.557. The molecule has 2 fully saturated rings. The van der Waals surface area contributed by atoms with E-state index in [1.807, 2.05) is 4.90 Å². The Morgan fingerprint density at radius 3 is 2.55 bits per heavy atom. The third-order valence-electron chi connectivity index (χ3n) is 4.25. The van der Waals surface area contributed by atoms with Crippen molar-refractivity contribution in [1.29, 1.82) is 0 Å². The zero-order chi connectivity index (χ0) is 14.5. The Labute approximate surface area is 120 Å². The van der Waals surface area contributed by atoms with Gasteiger partial charge in [-0.05, 0) is 31.7 Å². The second-order valence-electron chi connectivity index (χ2n) is 5.80. The molecule has 2 atom stereocenters. The number of likely N-dealkylation sites (tertiary alicyclic amines) is 1. The first kappa shape index (κ1) is 15.3. The van der Waals surface area contributed by atoms with Gasteiger partial charge in [-0.1, -0.05) is 6.92 Å². The van der Waals surface area contributed by atoms with Gasteiger partial charge >= 0.3 is 0 Å². The van der Waals surface area contributed by atoms with Crippen LogP contribution in [0.1, 0.15) is 26.2 Å². The summed E-state index contributed by atoms with van der Waals surface area (Å²) in [5.41, 5.74) is 0. The number of hydrogen-bond donors (Lipinski definition) is 2. The Kier molecular flexibility index (Phi) is 5.37. The summed E-state index contributed by atoms with van der Waals surface area (Å²) >= 11 is 0. The Hall–Kier alpha value is -1.14. The number of piperidine rings is 1. The van der Waals surface area contributed by atoms with Gasteiger partial charge in [0, 0.05) is 26.2 Å². The largest absolute Gasteiger partial charge is 0.375 e. The van der Waals surface area contributed by atoms with Crippen LogP contribution < -0.4 is 10.6 Å². The van der Waals surface area contributed by atoms with Gasteiger partial charge in [0.15, 0.2) is 0 Å². The highest BCUT2D eigenvalue weighted by atomic mass is 16.5. The fraction of sp³-hybridized carbons (Fsp3) is 0.857. The molecule has 6 nitrogen and oxygen atoms in total. The monoisotopic (exact) mass is 283 g/mol. The number of hydrogen-bond acceptors (Lipinski definition) is 4. The molecule has 0 aromatic heterocycles. The van der Waals surface area contributed by atoms with Crippen molar-refractivity contribution >= 4 is 11.8 Å². The predicted molar refractivity (Wildman–Crippen MR) is 75.2 cm³/mol. The lowest BCUT2D eigenvalue weighted by Gasteiger charge is -2.34. The fourth-order valence-corrected chi connectivity index (χ4v) is 3.01. The van der Waals surface area contributed by atoms with Gasteiger partial charge in [-0.25, -0.2) is 0 Å². The highest BCUT2D eigenvalue weighted by molar-refractivity contribution is 5.82. The molecule has 2 unspecified atom stereocenters. The SMILES string of the molecule is COCC(=O)NC1CCN(C(=O)C2NCCC2C)CC1. The van der Waals surface area contributed by atoms with Crippen LogP contribution >= 0.6 is 0 Å². The predicted octanol–water partition coefficient (Wildman–Crippen LogP) is -0.262. The van der Waals surface area contributed by atoms with Crippen molar-refractivity contribution in [3.63, 3.8) is 0 Å². The molecule has 2 rings (SSSR count). The van der Waals surface area contributed by atoms with Crippen molar-refractivity contribution in [2.45, 2.75) is 38.3 Å². The summed E-state index contributed by atoms with van der Waals surface area (Å²) in [6.07, 6.45) is 2.71. The van der Waals surface area contributed by atoms with Crippen LogP contribution in [0.3, 0.4) is 0 Å². The van der Waals surface area contributed by atoms with E-state index in [1.54, 1.807) is 0 Å². The third kappa shape index (κ3) is 3.70. The van der Waals surface area contributed by atoms with Gasteiger partial charge in [-0.15, -0.1) is 0 Å². The van der Waals surface area contributed by atoms with Gasteiger partial charge < -0.3 is 20.3 Å². The van der Waals surface area contributed by atoms with Crippen molar-refractivity contribution in [2.24, 2.45) is 5.92 Å². The molecule has 0 saturated carbocycles. The summed E-state index contributed by atoms with van der Waals surface area (Å²) in [7, 11) is 1.51. The standard InChI is InChI=1S/C14H25N3O3/c1-10-3-6-15-13(10)14(19)17-7-4-11(5-8-17)16-12(18)9-20-2/h10-11,13,15H,3-9H2,1-2H3,(H,16,18). The fourth-order valence-electron chi connectivity index (χ4n) is 3.01. The van der Waals surface area contributed by atoms with Crippen LogP contribution in [0.15, 0.2) is 0 Å². The number of methoxy groups -OCH3 is 1. The van der Waals surface area contributed by atoms with Crippen LogP contribution in [0.2, 0.25) is 0 Å². The number of ether oxygens (including phenoxy) is 1. The molecular weight excluding hydrogens is 258 g/mol. The van der Waals surface area contributed by atoms with E-state index in [9.17, 15) is 9.59 Å². The number of nitrogens with one attached hydrogen (secondary N) is 2. The van der Waals surface area contributed by atoms with Crippen LogP contribution in [0.4, 0.5) is 0 Å². The number of carbonyl (C=O) groups excluding carboxylic acids is 2. The van der Waals surface area contributed by atoms with E-state index in [2.05, 4.69) is 17.6 Å². The lowest BCUT2D eigenvalue weighted by atomic mass is 9.99. The molecule has 0 bridgehead atoms. The van der Waals surface area contributed by atoms with Gasteiger partial charge in [-0.3, -0.25) is 9.59 Å². The van der Waals surface area contributed by atoms with Crippen LogP contribution in [-0.4, -0.2) is 62.1 Å². The Balaban J connectivity index is 1.76. The second-order valence-corrected chi connectivity index (χ2v) is 5.80. The van der Waals surface area contributed by atoms with Crippen LogP contribution in [0, 0.1) is 5.92 Å². The van der Waals surface area contributed by atoms with E-state index in [1.165, 1.54) is 7.11 Å². The molecule has 20 heavy (non-hydrogen) atoms. The van der Waals surface area contributed by atoms with E-state index in [0.29, 0.717) is 5.92 Å². The minimum atomic E-state index is -0.0802. The molecule has 2 aliphatic rings. The zero-order valence-electron chi connectivity index (χ0n) is 12.4. The molecule has 0 aromatic rings. The quantitative estimate of drug-likeness (QED) is 0.746. The van der Waals surface area contributed by atoms with Crippen LogP contribution in [0.5, 0.6) is 0 Å². The van der Waals surface area contributed by atoms with E-state index >= 15 is 0 Å². The van der Waals surface area contributed by atoms with Crippen molar-refractivity contribution in [2.75, 3.05) is 33.4 Å². The molecule has 0 spiro atoms. The average molecular weight is 283 g/mol. The lowest BCUT2D eigenvalue weighted by molar-refractivity contribution is -0.135. The minimum absolute atomic E-state index is 0.0189. The molecule has 2 N–H and O–H groups in total. The zero-order valence-corrected chi connectivity index (χ0v) is 12.4. The third-order valence-corrected chi connectivity index (χ3v) is 4.25. The highest BCUT2D eigenvalue weighted by Crippen LogP contribution is 2.19. The summed E-state index contributed by atoms with van der Waals surface area (Å²) in [6.45, 7) is 4.60. The Morgan fingerprint density at radius 2 is 2.00 bits per heavy atom. The molecule has 2 aliphatic heterocycles. The highest BCUT2D eigenvalue weighted by Gasteiger charge is 2.34. The van der Waals surface area contributed by atoms with Crippen molar-refractivity contribution in [3.05, 3.63) is 0 Å². The van der Waals surface area contributed by atoms with Gasteiger partial charge in [0.25, 0.3) is 0 Å². The topological polar surface area (TPSA) is 70.7 Å². The van der Waals surface area contributed by atoms with Gasteiger partial charge in [0.1, 0.15) is 6.61 Å². The Morgan fingerprint density at radius 1 is 1.30 bits per heavy atom. The molecule has 0 aromatic carbocycles. The summed E-state index contributed by atoms with van der Waals surface area (Å²) in [6, 6.07) is 0.144. The van der Waals surface area contributed by atoms with E-state index in [4.69, 9.17) is 4.74 Å². The van der Waals surface area contributed by atoms with E-state index < -0.39 is 0 Å². The molecule has 2 amide bonds. The molecule has 114 valence electrons. The summed E-state index contributed by atoms with van der Waals surface area (Å²) in [4.78, 5) is 25.8. The first-order chi connectivity index (χ1) is 9.61. The summed E-state index contributed by atoms with van der Waals surface area (Å²) < 4.78 is 4.80.